The van der Waals surface area contributed by atoms with E-state index in [1.165, 1.54) is 0 Å². The summed E-state index contributed by atoms with van der Waals surface area (Å²) in [6.07, 6.45) is 3.23. The zero-order chi connectivity index (χ0) is 11.8. The van der Waals surface area contributed by atoms with Gasteiger partial charge in [0.2, 0.25) is 5.91 Å². The molecule has 0 saturated carbocycles. The molecule has 0 aromatic carbocycles. The number of nitrogens with one attached hydrogen (secondary N) is 1. The van der Waals surface area contributed by atoms with Gasteiger partial charge in [0.25, 0.3) is 0 Å². The molecule has 0 bridgehead atoms. The van der Waals surface area contributed by atoms with Crippen molar-refractivity contribution < 1.29 is 4.79 Å². The van der Waals surface area contributed by atoms with Gasteiger partial charge in [0.15, 0.2) is 0 Å². The van der Waals surface area contributed by atoms with Gasteiger partial charge >= 0.3 is 0 Å². The number of nitrogens with zero attached hydrogens (tertiary/aromatic N) is 1. The van der Waals surface area contributed by atoms with Crippen LogP contribution in [0.2, 0.25) is 0 Å². The van der Waals surface area contributed by atoms with Gasteiger partial charge in [0.1, 0.15) is 5.92 Å². The topological polar surface area (TPSA) is 52.9 Å². The zero-order valence-electron chi connectivity index (χ0n) is 10.2. The molecule has 86 valence electrons. The highest BCUT2D eigenvalue weighted by atomic mass is 16.1. The summed E-state index contributed by atoms with van der Waals surface area (Å²) in [7, 11) is 0. The Balaban J connectivity index is 4.06. The van der Waals surface area contributed by atoms with E-state index >= 15 is 0 Å². The summed E-state index contributed by atoms with van der Waals surface area (Å²) in [6.45, 7) is 7.90. The van der Waals surface area contributed by atoms with Crippen LogP contribution in [0, 0.1) is 23.2 Å². The lowest BCUT2D eigenvalue weighted by atomic mass is 9.96. The molecule has 0 heterocycles. The van der Waals surface area contributed by atoms with Gasteiger partial charge in [-0.15, -0.1) is 0 Å². The molecule has 0 aliphatic carbocycles. The molecule has 15 heavy (non-hydrogen) atoms. The van der Waals surface area contributed by atoms with Crippen molar-refractivity contribution in [2.45, 2.75) is 53.0 Å². The molecule has 0 fully saturated rings. The van der Waals surface area contributed by atoms with Crippen LogP contribution in [-0.2, 0) is 4.79 Å². The third-order valence-electron chi connectivity index (χ3n) is 2.47. The van der Waals surface area contributed by atoms with Gasteiger partial charge in [0, 0.05) is 6.04 Å². The fraction of sp³-hybridized carbons (Fsp3) is 0.833. The third-order valence-corrected chi connectivity index (χ3v) is 2.47. The van der Waals surface area contributed by atoms with Crippen molar-refractivity contribution in [3.05, 3.63) is 0 Å². The second kappa shape index (κ2) is 7.28. The highest BCUT2D eigenvalue weighted by molar-refractivity contribution is 5.81. The van der Waals surface area contributed by atoms with Crippen LogP contribution in [-0.4, -0.2) is 11.9 Å². The molecule has 3 heteroatoms. The number of hydrogen-bond donors (Lipinski definition) is 1. The number of rotatable bonds is 6. The lowest BCUT2D eigenvalue weighted by Crippen LogP contribution is -2.38. The van der Waals surface area contributed by atoms with E-state index < -0.39 is 5.92 Å². The molecular weight excluding hydrogens is 188 g/mol. The Kier molecular flexibility index (Phi) is 6.77. The number of carbonyl (C=O) groups is 1. The molecule has 0 aliphatic rings. The second-order valence-electron chi connectivity index (χ2n) is 4.40. The fourth-order valence-corrected chi connectivity index (χ4v) is 1.43. The molecule has 0 radical (unpaired) electrons. The fourth-order valence-electron chi connectivity index (χ4n) is 1.43. The summed E-state index contributed by atoms with van der Waals surface area (Å²) in [4.78, 5) is 11.7. The number of unbranched alkanes of at least 4 members (excludes halogenated alkanes) is 1. The van der Waals surface area contributed by atoms with Gasteiger partial charge in [-0.1, -0.05) is 33.6 Å². The molecule has 1 N–H and O–H groups in total. The van der Waals surface area contributed by atoms with Gasteiger partial charge in [0.05, 0.1) is 6.07 Å². The Morgan fingerprint density at radius 2 is 2.00 bits per heavy atom. The Morgan fingerprint density at radius 1 is 1.40 bits per heavy atom. The minimum absolute atomic E-state index is 0.0772. The minimum atomic E-state index is -0.519. The standard InChI is InChI=1S/C12H22N2O/c1-5-6-7-10(4)14-12(15)11(8-13)9(2)3/h9-11H,5-7H2,1-4H3,(H,14,15). The number of nitriles is 1. The van der Waals surface area contributed by atoms with E-state index in [0.29, 0.717) is 0 Å². The first-order chi connectivity index (χ1) is 7.02. The molecular formula is C12H22N2O. The maximum atomic E-state index is 11.7. The van der Waals surface area contributed by atoms with Crippen LogP contribution < -0.4 is 5.32 Å². The molecule has 0 spiro atoms. The molecule has 0 aromatic heterocycles. The molecule has 2 atom stereocenters. The van der Waals surface area contributed by atoms with E-state index in [1.54, 1.807) is 0 Å². The van der Waals surface area contributed by atoms with Crippen molar-refractivity contribution in [3.8, 4) is 6.07 Å². The van der Waals surface area contributed by atoms with Crippen molar-refractivity contribution in [2.24, 2.45) is 11.8 Å². The summed E-state index contributed by atoms with van der Waals surface area (Å²) in [5, 5.41) is 11.7. The molecule has 3 nitrogen and oxygen atoms in total. The number of hydrogen-bond acceptors (Lipinski definition) is 2. The average Bonchev–Trinajstić information content (AvgIpc) is 2.15. The van der Waals surface area contributed by atoms with Crippen LogP contribution in [0.5, 0.6) is 0 Å². The first kappa shape index (κ1) is 14.0. The van der Waals surface area contributed by atoms with Gasteiger partial charge in [-0.25, -0.2) is 0 Å². The minimum Gasteiger partial charge on any atom is -0.353 e. The Morgan fingerprint density at radius 3 is 2.40 bits per heavy atom. The van der Waals surface area contributed by atoms with Crippen molar-refractivity contribution in [2.75, 3.05) is 0 Å². The van der Waals surface area contributed by atoms with E-state index in [0.717, 1.165) is 19.3 Å². The van der Waals surface area contributed by atoms with Gasteiger partial charge in [-0.2, -0.15) is 5.26 Å². The predicted octanol–water partition coefficient (Wildman–Crippen LogP) is 2.48. The van der Waals surface area contributed by atoms with Crippen LogP contribution in [0.25, 0.3) is 0 Å². The van der Waals surface area contributed by atoms with Crippen molar-refractivity contribution in [1.82, 2.24) is 5.32 Å². The van der Waals surface area contributed by atoms with E-state index in [4.69, 9.17) is 5.26 Å². The normalized spacial score (nSPS) is 14.4. The van der Waals surface area contributed by atoms with Crippen LogP contribution >= 0.6 is 0 Å². The number of carbonyl (C=O) groups excluding carboxylic acids is 1. The summed E-state index contributed by atoms with van der Waals surface area (Å²) in [5.74, 6) is -0.571. The molecule has 0 aliphatic heterocycles. The molecule has 0 rings (SSSR count). The largest absolute Gasteiger partial charge is 0.353 e. The average molecular weight is 210 g/mol. The Labute approximate surface area is 92.9 Å². The van der Waals surface area contributed by atoms with Crippen LogP contribution in [0.4, 0.5) is 0 Å². The summed E-state index contributed by atoms with van der Waals surface area (Å²) < 4.78 is 0. The zero-order valence-corrected chi connectivity index (χ0v) is 10.2. The van der Waals surface area contributed by atoms with Gasteiger partial charge < -0.3 is 5.32 Å². The van der Waals surface area contributed by atoms with E-state index in [2.05, 4.69) is 18.3 Å². The molecule has 0 aromatic rings. The van der Waals surface area contributed by atoms with Crippen LogP contribution in [0.15, 0.2) is 0 Å². The van der Waals surface area contributed by atoms with Gasteiger partial charge in [-0.3, -0.25) is 4.79 Å². The van der Waals surface area contributed by atoms with E-state index in [9.17, 15) is 4.79 Å². The summed E-state index contributed by atoms with van der Waals surface area (Å²) in [6, 6.07) is 2.22. The first-order valence-corrected chi connectivity index (χ1v) is 5.72. The maximum Gasteiger partial charge on any atom is 0.237 e. The van der Waals surface area contributed by atoms with Crippen molar-refractivity contribution >= 4 is 5.91 Å². The Hall–Kier alpha value is -1.04. The lowest BCUT2D eigenvalue weighted by Gasteiger charge is -2.17. The first-order valence-electron chi connectivity index (χ1n) is 5.72. The molecule has 2 unspecified atom stereocenters. The maximum absolute atomic E-state index is 11.7. The SMILES string of the molecule is CCCCC(C)NC(=O)C(C#N)C(C)C. The quantitative estimate of drug-likeness (QED) is 0.732. The predicted molar refractivity (Wildman–Crippen MR) is 61.1 cm³/mol. The Bertz CT molecular complexity index is 230. The van der Waals surface area contributed by atoms with Crippen molar-refractivity contribution in [1.29, 1.82) is 5.26 Å². The van der Waals surface area contributed by atoms with Gasteiger partial charge in [-0.05, 0) is 19.3 Å². The summed E-state index contributed by atoms with van der Waals surface area (Å²) >= 11 is 0. The van der Waals surface area contributed by atoms with Crippen molar-refractivity contribution in [3.63, 3.8) is 0 Å². The third kappa shape index (κ3) is 5.41. The smallest absolute Gasteiger partial charge is 0.237 e. The highest BCUT2D eigenvalue weighted by Gasteiger charge is 2.22. The van der Waals surface area contributed by atoms with E-state index in [-0.39, 0.29) is 17.9 Å². The number of amides is 1. The second-order valence-corrected chi connectivity index (χ2v) is 4.40. The molecule has 1 amide bonds. The van der Waals surface area contributed by atoms with E-state index in [1.807, 2.05) is 20.8 Å². The monoisotopic (exact) mass is 210 g/mol. The lowest BCUT2D eigenvalue weighted by molar-refractivity contribution is -0.125. The van der Waals surface area contributed by atoms with Crippen LogP contribution in [0.3, 0.4) is 0 Å². The van der Waals surface area contributed by atoms with Crippen LogP contribution in [0.1, 0.15) is 47.0 Å². The highest BCUT2D eigenvalue weighted by Crippen LogP contribution is 2.10. The molecule has 0 saturated heterocycles. The summed E-state index contributed by atoms with van der Waals surface area (Å²) in [5.41, 5.74) is 0.